The number of nitrogens with one attached hydrogen (secondary N) is 1. The molecule has 84 heavy (non-hydrogen) atoms. The molecule has 2 aliphatic heterocycles. The van der Waals surface area contributed by atoms with Crippen LogP contribution < -0.4 is 11.1 Å². The number of piperidine rings is 2. The fourth-order valence-electron chi connectivity index (χ4n) is 10.0. The third-order valence-corrected chi connectivity index (χ3v) is 17.3. The zero-order chi connectivity index (χ0) is 60.4. The molecule has 0 unspecified atom stereocenters. The van der Waals surface area contributed by atoms with E-state index in [2.05, 4.69) is 82.9 Å². The Bertz CT molecular complexity index is 3820. The molecule has 0 atom stereocenters. The summed E-state index contributed by atoms with van der Waals surface area (Å²) < 4.78 is 67.3. The third kappa shape index (κ3) is 15.8. The van der Waals surface area contributed by atoms with E-state index in [1.165, 1.54) is 39.1 Å². The zero-order valence-corrected chi connectivity index (χ0v) is 50.6. The summed E-state index contributed by atoms with van der Waals surface area (Å²) in [6, 6.07) is 41.6. The smallest absolute Gasteiger partial charge is 0.303 e. The summed E-state index contributed by atoms with van der Waals surface area (Å²) in [5.74, 6) is -0.247. The second kappa shape index (κ2) is 30.0. The van der Waals surface area contributed by atoms with Crippen LogP contribution in [0.1, 0.15) is 90.2 Å². The molecule has 11 rings (SSSR count). The number of esters is 2. The van der Waals surface area contributed by atoms with E-state index in [0.717, 1.165) is 76.2 Å². The van der Waals surface area contributed by atoms with E-state index in [1.54, 1.807) is 91.4 Å². The molecule has 7 heterocycles. The highest BCUT2D eigenvalue weighted by Gasteiger charge is 2.29. The van der Waals surface area contributed by atoms with Crippen LogP contribution in [0.4, 0.5) is 11.4 Å². The van der Waals surface area contributed by atoms with Gasteiger partial charge in [0.1, 0.15) is 17.9 Å². The fraction of sp³-hybridized carbons (Fsp3) is 0.323. The third-order valence-electron chi connectivity index (χ3n) is 13.9. The molecular formula is C62H73ClN10O9S2. The lowest BCUT2D eigenvalue weighted by Gasteiger charge is -2.33. The molecule has 2 saturated heterocycles. The lowest BCUT2D eigenvalue weighted by atomic mass is 10.0. The van der Waals surface area contributed by atoms with Crippen molar-refractivity contribution in [3.05, 3.63) is 175 Å². The van der Waals surface area contributed by atoms with Crippen LogP contribution in [0.2, 0.25) is 0 Å². The Morgan fingerprint density at radius 2 is 1.05 bits per heavy atom. The number of hydrogen-bond donors (Lipinski definition) is 2. The molecule has 444 valence electrons. The Hall–Kier alpha value is -7.95. The normalized spacial score (nSPS) is 14.1. The predicted octanol–water partition coefficient (Wildman–Crippen LogP) is 10.8. The molecule has 22 heteroatoms. The van der Waals surface area contributed by atoms with Gasteiger partial charge in [0.15, 0.2) is 17.9 Å². The Labute approximate surface area is 496 Å². The maximum Gasteiger partial charge on any atom is 0.303 e. The van der Waals surface area contributed by atoms with E-state index in [4.69, 9.17) is 27.1 Å². The summed E-state index contributed by atoms with van der Waals surface area (Å²) in [5, 5.41) is 4.32. The van der Waals surface area contributed by atoms with Gasteiger partial charge in [-0.3, -0.25) is 24.2 Å². The molecule has 2 aliphatic rings. The Balaban J connectivity index is 0.000000205. The number of fused-ring (bicyclic) bond motifs is 4. The quantitative estimate of drug-likeness (QED) is 0.0717. The van der Waals surface area contributed by atoms with E-state index in [9.17, 15) is 31.2 Å². The topological polar surface area (TPSA) is 236 Å². The number of rotatable bonds is 15. The maximum atomic E-state index is 13.4. The number of aromatic nitrogens is 6. The van der Waals surface area contributed by atoms with Crippen molar-refractivity contribution in [2.24, 2.45) is 0 Å². The molecule has 0 saturated carbocycles. The Morgan fingerprint density at radius 1 is 0.607 bits per heavy atom. The van der Waals surface area contributed by atoms with E-state index < -0.39 is 31.3 Å². The number of likely N-dealkylation sites (tertiary alicyclic amines) is 2. The van der Waals surface area contributed by atoms with Crippen LogP contribution in [0.3, 0.4) is 0 Å². The van der Waals surface area contributed by atoms with Gasteiger partial charge in [0.05, 0.1) is 39.1 Å². The number of ether oxygens (including phenoxy) is 2. The van der Waals surface area contributed by atoms with Gasteiger partial charge in [-0.2, -0.15) is 0 Å². The van der Waals surface area contributed by atoms with E-state index >= 15 is 0 Å². The number of benzene rings is 4. The first-order valence-corrected chi connectivity index (χ1v) is 31.3. The van der Waals surface area contributed by atoms with E-state index in [-0.39, 0.29) is 41.1 Å². The molecule has 0 radical (unpaired) electrons. The molecule has 0 bridgehead atoms. The van der Waals surface area contributed by atoms with Crippen molar-refractivity contribution in [3.8, 4) is 0 Å². The highest BCUT2D eigenvalue weighted by atomic mass is 35.5. The first-order valence-electron chi connectivity index (χ1n) is 28.0. The average Bonchev–Trinajstić information content (AvgIpc) is 2.48. The summed E-state index contributed by atoms with van der Waals surface area (Å²) in [4.78, 5) is 50.4. The summed E-state index contributed by atoms with van der Waals surface area (Å²) in [6.45, 7) is 15.9. The van der Waals surface area contributed by atoms with Gasteiger partial charge in [-0.15, -0.1) is 0 Å². The van der Waals surface area contributed by atoms with Crippen molar-refractivity contribution in [2.75, 3.05) is 43.8 Å². The molecule has 9 aromatic rings. The first-order chi connectivity index (χ1) is 40.6. The first kappa shape index (κ1) is 63.6. The van der Waals surface area contributed by atoms with Crippen LogP contribution in [0.25, 0.3) is 33.1 Å². The van der Waals surface area contributed by atoms with Crippen LogP contribution in [0.15, 0.2) is 168 Å². The van der Waals surface area contributed by atoms with Crippen molar-refractivity contribution in [3.63, 3.8) is 0 Å². The second-order valence-corrected chi connectivity index (χ2v) is 23.5. The molecular weight excluding hydrogens is 1130 g/mol. The predicted molar refractivity (Wildman–Crippen MR) is 329 cm³/mol. The van der Waals surface area contributed by atoms with Crippen LogP contribution in [-0.4, -0.2) is 110 Å². The van der Waals surface area contributed by atoms with Crippen LogP contribution in [-0.2, 0) is 63.6 Å². The number of nitrogen functional groups attached to an aromatic ring is 1. The van der Waals surface area contributed by atoms with Gasteiger partial charge in [-0.25, -0.2) is 39.7 Å². The number of nitrogens with zero attached hydrogens (tertiary/aromatic N) is 8. The number of carbonyl (C=O) groups is 3. The number of nitrogens with two attached hydrogens (primary N) is 1. The van der Waals surface area contributed by atoms with Gasteiger partial charge in [-0.1, -0.05) is 125 Å². The number of pyridine rings is 2. The van der Waals surface area contributed by atoms with Crippen LogP contribution in [0, 0.1) is 0 Å². The van der Waals surface area contributed by atoms with Gasteiger partial charge in [-0.05, 0) is 84.8 Å². The molecule has 3 N–H and O–H groups in total. The van der Waals surface area contributed by atoms with Gasteiger partial charge in [0, 0.05) is 88.4 Å². The van der Waals surface area contributed by atoms with Crippen LogP contribution in [0.5, 0.6) is 0 Å². The second-order valence-electron chi connectivity index (χ2n) is 19.4. The Morgan fingerprint density at radius 3 is 1.51 bits per heavy atom. The summed E-state index contributed by atoms with van der Waals surface area (Å²) in [7, 11) is -7.57. The monoisotopic (exact) mass is 1200 g/mol. The van der Waals surface area contributed by atoms with E-state index in [1.807, 2.05) is 39.8 Å². The standard InChI is InChI=1S/C29H29N5O4S.C25H27N5O2S.C4H5ClO3.2C2H6/c1-21(35)38-20-27-31-26-18-30-29-25(14-17-33(29)39(36,37)24-10-6-3-7-11-24)28(26)34(27)23-12-15-32(16-13-23)19-22-8-4-2-5-9-22;26-23-17-27-25-22(13-16-30(25)33(31,32)21-9-5-2-6-10-21)24(23)28-20-11-14-29(15-12-20)18-19-7-3-1-4-8-19;1-3(6)8-2-4(5)7;2*1-2/h2-11,14,17-18,23H,12-13,15-16,19-20H2,1H3;1-10,13,16-17,20H,11-12,14-15,18,26H2,(H,27,28);2H2,1H3;2*1-2H3. The highest BCUT2D eigenvalue weighted by molar-refractivity contribution is 7.90. The number of hydrogen-bond acceptors (Lipinski definition) is 16. The van der Waals surface area contributed by atoms with Crippen molar-refractivity contribution in [1.29, 1.82) is 0 Å². The van der Waals surface area contributed by atoms with E-state index in [0.29, 0.717) is 39.1 Å². The van der Waals surface area contributed by atoms with Crippen molar-refractivity contribution < 1.29 is 40.7 Å². The van der Waals surface area contributed by atoms with Gasteiger partial charge in [0.25, 0.3) is 25.3 Å². The number of halogens is 1. The number of anilines is 2. The largest absolute Gasteiger partial charge is 0.458 e. The SMILES string of the molecule is CC.CC.CC(=O)OCC(=O)Cl.CC(=O)OCc1nc2cnc3c(ccn3S(=O)(=O)c3ccccc3)c2n1C1CCN(Cc2ccccc2)CC1.Nc1cnc2c(ccn2S(=O)(=O)c2ccccc2)c1NC1CCN(Cc2ccccc2)CC1. The molecule has 4 aromatic carbocycles. The molecule has 5 aromatic heterocycles. The molecule has 0 spiro atoms. The Kier molecular flexibility index (Phi) is 22.8. The average molecular weight is 1200 g/mol. The van der Waals surface area contributed by atoms with Crippen LogP contribution >= 0.6 is 11.6 Å². The van der Waals surface area contributed by atoms with Crippen molar-refractivity contribution >= 4 is 93.3 Å². The maximum absolute atomic E-state index is 13.4. The summed E-state index contributed by atoms with van der Waals surface area (Å²) in [5.41, 5.74) is 12.3. The van der Waals surface area contributed by atoms with Gasteiger partial charge >= 0.3 is 11.9 Å². The molecule has 0 amide bonds. The van der Waals surface area contributed by atoms with Crippen molar-refractivity contribution in [1.82, 2.24) is 37.3 Å². The zero-order valence-electron chi connectivity index (χ0n) is 48.2. The number of imidazole rings is 1. The minimum Gasteiger partial charge on any atom is -0.458 e. The lowest BCUT2D eigenvalue weighted by molar-refractivity contribution is -0.144. The van der Waals surface area contributed by atoms with Gasteiger partial charge < -0.3 is 25.1 Å². The summed E-state index contributed by atoms with van der Waals surface area (Å²) >= 11 is 4.81. The molecule has 2 fully saturated rings. The fourth-order valence-corrected chi connectivity index (χ4v) is 12.7. The molecule has 19 nitrogen and oxygen atoms in total. The summed E-state index contributed by atoms with van der Waals surface area (Å²) in [6.07, 6.45) is 9.98. The minimum absolute atomic E-state index is 0.0404. The minimum atomic E-state index is -3.83. The van der Waals surface area contributed by atoms with Gasteiger partial charge in [0.2, 0.25) is 0 Å². The molecule has 0 aliphatic carbocycles. The highest BCUT2D eigenvalue weighted by Crippen LogP contribution is 2.36. The number of carbonyl (C=O) groups excluding carboxylic acids is 3. The lowest BCUT2D eigenvalue weighted by Crippen LogP contribution is -2.38. The van der Waals surface area contributed by atoms with Crippen molar-refractivity contribution in [2.45, 2.75) is 109 Å².